The number of hydrogen-bond acceptors (Lipinski definition) is 4. The molecule has 102 valence electrons. The van der Waals surface area contributed by atoms with Crippen LogP contribution in [-0.4, -0.2) is 43.0 Å². The third-order valence-electron chi connectivity index (χ3n) is 2.75. The molecular weight excluding hydrogens is 246 g/mol. The number of aromatic nitrogens is 1. The Kier molecular flexibility index (Phi) is 4.01. The molecule has 0 saturated heterocycles. The molecule has 0 spiro atoms. The normalized spacial score (nSPS) is 11.1. The summed E-state index contributed by atoms with van der Waals surface area (Å²) in [5.41, 5.74) is 1.47. The zero-order valence-corrected chi connectivity index (χ0v) is 11.0. The van der Waals surface area contributed by atoms with Gasteiger partial charge in [-0.2, -0.15) is 0 Å². The summed E-state index contributed by atoms with van der Waals surface area (Å²) in [4.78, 5) is 27.5. The minimum Gasteiger partial charge on any atom is -0.408 e. The number of oxazole rings is 1. The van der Waals surface area contributed by atoms with Crippen molar-refractivity contribution in [3.63, 3.8) is 0 Å². The summed E-state index contributed by atoms with van der Waals surface area (Å²) in [6, 6.07) is 4.89. The van der Waals surface area contributed by atoms with E-state index in [0.29, 0.717) is 23.2 Å². The van der Waals surface area contributed by atoms with Gasteiger partial charge in [-0.25, -0.2) is 4.79 Å². The second-order valence-corrected chi connectivity index (χ2v) is 4.64. The molecule has 6 nitrogen and oxygen atoms in total. The number of carbonyl (C=O) groups excluding carboxylic acids is 1. The Balaban J connectivity index is 1.99. The minimum absolute atomic E-state index is 0.162. The van der Waals surface area contributed by atoms with E-state index in [0.717, 1.165) is 13.0 Å². The van der Waals surface area contributed by atoms with Crippen LogP contribution >= 0.6 is 0 Å². The lowest BCUT2D eigenvalue weighted by Crippen LogP contribution is -2.27. The Morgan fingerprint density at radius 2 is 2.21 bits per heavy atom. The van der Waals surface area contributed by atoms with Gasteiger partial charge in [0, 0.05) is 12.1 Å². The van der Waals surface area contributed by atoms with E-state index < -0.39 is 5.76 Å². The van der Waals surface area contributed by atoms with Gasteiger partial charge in [-0.1, -0.05) is 0 Å². The fourth-order valence-electron chi connectivity index (χ4n) is 1.79. The van der Waals surface area contributed by atoms with Crippen LogP contribution in [0.3, 0.4) is 0 Å². The Labute approximate surface area is 110 Å². The topological polar surface area (TPSA) is 78.3 Å². The van der Waals surface area contributed by atoms with Crippen LogP contribution in [0.25, 0.3) is 11.1 Å². The number of hydrogen-bond donors (Lipinski definition) is 2. The van der Waals surface area contributed by atoms with Crippen LogP contribution in [0.5, 0.6) is 0 Å². The molecule has 0 bridgehead atoms. The van der Waals surface area contributed by atoms with Crippen molar-refractivity contribution in [3.05, 3.63) is 34.3 Å². The molecule has 1 aromatic heterocycles. The Hall–Kier alpha value is -2.08. The predicted octanol–water partition coefficient (Wildman–Crippen LogP) is 0.803. The lowest BCUT2D eigenvalue weighted by molar-refractivity contribution is 0.0952. The fraction of sp³-hybridized carbons (Fsp3) is 0.385. The first-order valence-electron chi connectivity index (χ1n) is 6.12. The summed E-state index contributed by atoms with van der Waals surface area (Å²) in [6.45, 7) is 1.54. The van der Waals surface area contributed by atoms with Crippen LogP contribution in [0.1, 0.15) is 16.8 Å². The van der Waals surface area contributed by atoms with Crippen LogP contribution in [0.4, 0.5) is 0 Å². The number of aromatic amines is 1. The van der Waals surface area contributed by atoms with E-state index in [-0.39, 0.29) is 5.91 Å². The minimum atomic E-state index is -0.515. The standard InChI is InChI=1S/C13H17N3O3/c1-16(2)7-3-6-14-12(17)9-4-5-10-11(8-9)19-13(18)15-10/h4-5,8H,3,6-7H2,1-2H3,(H,14,17)(H,15,18). The third-order valence-corrected chi connectivity index (χ3v) is 2.75. The molecule has 2 rings (SSSR count). The van der Waals surface area contributed by atoms with Gasteiger partial charge in [0.25, 0.3) is 5.91 Å². The molecule has 0 saturated carbocycles. The van der Waals surface area contributed by atoms with Crippen molar-refractivity contribution in [2.75, 3.05) is 27.2 Å². The van der Waals surface area contributed by atoms with Crippen molar-refractivity contribution in [2.24, 2.45) is 0 Å². The summed E-state index contributed by atoms with van der Waals surface area (Å²) in [6.07, 6.45) is 0.889. The highest BCUT2D eigenvalue weighted by atomic mass is 16.4. The monoisotopic (exact) mass is 263 g/mol. The number of benzene rings is 1. The molecular formula is C13H17N3O3. The van der Waals surface area contributed by atoms with E-state index in [1.54, 1.807) is 18.2 Å². The molecule has 0 unspecified atom stereocenters. The lowest BCUT2D eigenvalue weighted by atomic mass is 10.2. The fourth-order valence-corrected chi connectivity index (χ4v) is 1.79. The molecule has 1 aromatic carbocycles. The summed E-state index contributed by atoms with van der Waals surface area (Å²) >= 11 is 0. The predicted molar refractivity (Wildman–Crippen MR) is 72.3 cm³/mol. The molecule has 2 aromatic rings. The van der Waals surface area contributed by atoms with Crippen LogP contribution in [-0.2, 0) is 0 Å². The molecule has 0 aliphatic carbocycles. The van der Waals surface area contributed by atoms with E-state index >= 15 is 0 Å². The highest BCUT2D eigenvalue weighted by molar-refractivity contribution is 5.96. The quantitative estimate of drug-likeness (QED) is 0.782. The Morgan fingerprint density at radius 1 is 1.42 bits per heavy atom. The van der Waals surface area contributed by atoms with Gasteiger partial charge in [-0.05, 0) is 45.3 Å². The zero-order chi connectivity index (χ0) is 13.8. The molecule has 1 heterocycles. The average Bonchev–Trinajstić information content (AvgIpc) is 2.73. The van der Waals surface area contributed by atoms with Gasteiger partial charge in [0.15, 0.2) is 5.58 Å². The van der Waals surface area contributed by atoms with Crippen molar-refractivity contribution in [1.29, 1.82) is 0 Å². The van der Waals surface area contributed by atoms with Gasteiger partial charge >= 0.3 is 5.76 Å². The van der Waals surface area contributed by atoms with Crippen LogP contribution < -0.4 is 11.1 Å². The molecule has 6 heteroatoms. The maximum absolute atomic E-state index is 11.9. The highest BCUT2D eigenvalue weighted by Gasteiger charge is 2.08. The van der Waals surface area contributed by atoms with Gasteiger partial charge in [0.2, 0.25) is 0 Å². The van der Waals surface area contributed by atoms with Crippen molar-refractivity contribution in [1.82, 2.24) is 15.2 Å². The van der Waals surface area contributed by atoms with E-state index in [9.17, 15) is 9.59 Å². The first-order chi connectivity index (χ1) is 9.06. The lowest BCUT2D eigenvalue weighted by Gasteiger charge is -2.09. The van der Waals surface area contributed by atoms with E-state index in [1.807, 2.05) is 14.1 Å². The molecule has 19 heavy (non-hydrogen) atoms. The summed E-state index contributed by atoms with van der Waals surface area (Å²) in [5.74, 6) is -0.678. The van der Waals surface area contributed by atoms with Crippen molar-refractivity contribution in [2.45, 2.75) is 6.42 Å². The van der Waals surface area contributed by atoms with Gasteiger partial charge in [0.05, 0.1) is 5.52 Å². The van der Waals surface area contributed by atoms with Gasteiger partial charge in [-0.15, -0.1) is 0 Å². The number of fused-ring (bicyclic) bond motifs is 1. The van der Waals surface area contributed by atoms with Gasteiger partial charge in [-0.3, -0.25) is 9.78 Å². The molecule has 2 N–H and O–H groups in total. The Bertz CT molecular complexity index is 627. The highest BCUT2D eigenvalue weighted by Crippen LogP contribution is 2.12. The second kappa shape index (κ2) is 5.71. The number of carbonyl (C=O) groups is 1. The first kappa shape index (κ1) is 13.4. The smallest absolute Gasteiger partial charge is 0.408 e. The largest absolute Gasteiger partial charge is 0.417 e. The molecule has 0 atom stereocenters. The maximum atomic E-state index is 11.9. The van der Waals surface area contributed by atoms with Crippen molar-refractivity contribution >= 4 is 17.0 Å². The average molecular weight is 263 g/mol. The number of nitrogens with one attached hydrogen (secondary N) is 2. The van der Waals surface area contributed by atoms with E-state index in [4.69, 9.17) is 4.42 Å². The summed E-state index contributed by atoms with van der Waals surface area (Å²) in [5, 5.41) is 2.83. The zero-order valence-electron chi connectivity index (χ0n) is 11.0. The van der Waals surface area contributed by atoms with Crippen LogP contribution in [0, 0.1) is 0 Å². The summed E-state index contributed by atoms with van der Waals surface area (Å²) < 4.78 is 4.92. The summed E-state index contributed by atoms with van der Waals surface area (Å²) in [7, 11) is 3.98. The number of amides is 1. The number of rotatable bonds is 5. The van der Waals surface area contributed by atoms with Crippen LogP contribution in [0.2, 0.25) is 0 Å². The van der Waals surface area contributed by atoms with E-state index in [2.05, 4.69) is 15.2 Å². The molecule has 0 fully saturated rings. The molecule has 0 aliphatic heterocycles. The molecule has 1 amide bonds. The maximum Gasteiger partial charge on any atom is 0.417 e. The molecule has 0 radical (unpaired) electrons. The SMILES string of the molecule is CN(C)CCCNC(=O)c1ccc2[nH]c(=O)oc2c1. The van der Waals surface area contributed by atoms with Gasteiger partial charge in [0.1, 0.15) is 0 Å². The third kappa shape index (κ3) is 3.45. The molecule has 0 aliphatic rings. The number of H-pyrrole nitrogens is 1. The first-order valence-corrected chi connectivity index (χ1v) is 6.12. The van der Waals surface area contributed by atoms with Crippen molar-refractivity contribution < 1.29 is 9.21 Å². The second-order valence-electron chi connectivity index (χ2n) is 4.64. The Morgan fingerprint density at radius 3 is 2.95 bits per heavy atom. The van der Waals surface area contributed by atoms with Crippen LogP contribution in [0.15, 0.2) is 27.4 Å². The number of nitrogens with zero attached hydrogens (tertiary/aromatic N) is 1. The van der Waals surface area contributed by atoms with Gasteiger partial charge < -0.3 is 14.6 Å². The van der Waals surface area contributed by atoms with E-state index in [1.165, 1.54) is 0 Å². The van der Waals surface area contributed by atoms with Crippen molar-refractivity contribution in [3.8, 4) is 0 Å².